The third-order valence-corrected chi connectivity index (χ3v) is 6.69. The maximum absolute atomic E-state index is 13.8. The maximum atomic E-state index is 13.8. The van der Waals surface area contributed by atoms with Crippen molar-refractivity contribution in [2.75, 3.05) is 13.6 Å². The molecule has 35 heavy (non-hydrogen) atoms. The molecule has 1 unspecified atom stereocenters. The van der Waals surface area contributed by atoms with Crippen LogP contribution in [0.5, 0.6) is 0 Å². The first-order valence-corrected chi connectivity index (χ1v) is 12.3. The van der Waals surface area contributed by atoms with Gasteiger partial charge in [0.05, 0.1) is 0 Å². The SMILES string of the molecule is CN(C(=O)/C=C/CC(C)(C)N)C(Cc1ccc2ccccc2c1)C(=O)N1CCc2ccccc2C1. The molecule has 3 aromatic carbocycles. The zero-order chi connectivity index (χ0) is 25.0. The van der Waals surface area contributed by atoms with E-state index >= 15 is 0 Å². The Morgan fingerprint density at radius 2 is 1.71 bits per heavy atom. The highest BCUT2D eigenvalue weighted by molar-refractivity contribution is 5.93. The van der Waals surface area contributed by atoms with Gasteiger partial charge < -0.3 is 15.5 Å². The molecule has 5 nitrogen and oxygen atoms in total. The van der Waals surface area contributed by atoms with Gasteiger partial charge in [-0.05, 0) is 60.2 Å². The van der Waals surface area contributed by atoms with Gasteiger partial charge in [0.2, 0.25) is 11.8 Å². The van der Waals surface area contributed by atoms with Gasteiger partial charge in [-0.2, -0.15) is 0 Å². The molecule has 0 aliphatic carbocycles. The molecule has 0 spiro atoms. The number of hydrogen-bond acceptors (Lipinski definition) is 3. The molecule has 1 aliphatic heterocycles. The number of carbonyl (C=O) groups excluding carboxylic acids is 2. The summed E-state index contributed by atoms with van der Waals surface area (Å²) in [6.07, 6.45) is 5.21. The molecule has 2 amide bonds. The highest BCUT2D eigenvalue weighted by Crippen LogP contribution is 2.23. The zero-order valence-electron chi connectivity index (χ0n) is 20.9. The first-order valence-electron chi connectivity index (χ1n) is 12.3. The topological polar surface area (TPSA) is 66.6 Å². The summed E-state index contributed by atoms with van der Waals surface area (Å²) in [6.45, 7) is 5.07. The van der Waals surface area contributed by atoms with E-state index in [0.717, 1.165) is 22.8 Å². The first-order chi connectivity index (χ1) is 16.7. The minimum Gasteiger partial charge on any atom is -0.336 e. The average molecular weight is 470 g/mol. The summed E-state index contributed by atoms with van der Waals surface area (Å²) < 4.78 is 0. The molecule has 182 valence electrons. The molecular weight excluding hydrogens is 434 g/mol. The quantitative estimate of drug-likeness (QED) is 0.519. The van der Waals surface area contributed by atoms with E-state index in [0.29, 0.717) is 25.9 Å². The van der Waals surface area contributed by atoms with Gasteiger partial charge >= 0.3 is 0 Å². The highest BCUT2D eigenvalue weighted by Gasteiger charge is 2.32. The van der Waals surface area contributed by atoms with E-state index in [4.69, 9.17) is 5.73 Å². The Hall–Kier alpha value is -3.44. The van der Waals surface area contributed by atoms with Crippen LogP contribution in [0.25, 0.3) is 10.8 Å². The second kappa shape index (κ2) is 10.4. The summed E-state index contributed by atoms with van der Waals surface area (Å²) in [5, 5.41) is 2.28. The number of rotatable bonds is 7. The van der Waals surface area contributed by atoms with Crippen LogP contribution < -0.4 is 5.73 Å². The number of fused-ring (bicyclic) bond motifs is 2. The molecule has 1 aliphatic rings. The average Bonchev–Trinajstić information content (AvgIpc) is 2.85. The fraction of sp³-hybridized carbons (Fsp3) is 0.333. The van der Waals surface area contributed by atoms with Gasteiger partial charge in [0, 0.05) is 32.1 Å². The van der Waals surface area contributed by atoms with Crippen molar-refractivity contribution in [1.82, 2.24) is 9.80 Å². The van der Waals surface area contributed by atoms with E-state index < -0.39 is 11.6 Å². The van der Waals surface area contributed by atoms with E-state index in [2.05, 4.69) is 42.5 Å². The zero-order valence-corrected chi connectivity index (χ0v) is 20.9. The lowest BCUT2D eigenvalue weighted by Gasteiger charge is -2.35. The second-order valence-electron chi connectivity index (χ2n) is 10.2. The van der Waals surface area contributed by atoms with Crippen molar-refractivity contribution in [3.63, 3.8) is 0 Å². The molecule has 2 N–H and O–H groups in total. The Balaban J connectivity index is 1.59. The Bertz CT molecular complexity index is 1240. The fourth-order valence-corrected chi connectivity index (χ4v) is 4.61. The summed E-state index contributed by atoms with van der Waals surface area (Å²) in [7, 11) is 1.72. The Morgan fingerprint density at radius 3 is 2.46 bits per heavy atom. The van der Waals surface area contributed by atoms with Crippen LogP contribution in [0.3, 0.4) is 0 Å². The van der Waals surface area contributed by atoms with Crippen LogP contribution in [0.4, 0.5) is 0 Å². The largest absolute Gasteiger partial charge is 0.336 e. The fourth-order valence-electron chi connectivity index (χ4n) is 4.61. The molecule has 3 aromatic rings. The minimum atomic E-state index is -0.593. The standard InChI is InChI=1S/C30H35N3O2/c1-30(2,31)17-8-13-28(34)32(3)27(20-22-14-15-23-9-4-6-11-25(23)19-22)29(35)33-18-16-24-10-5-7-12-26(24)21-33/h4-15,19,27H,16-18,20-21,31H2,1-3H3/b13-8+. The molecular formula is C30H35N3O2. The van der Waals surface area contributed by atoms with Crippen LogP contribution in [0.2, 0.25) is 0 Å². The number of nitrogens with two attached hydrogens (primary N) is 1. The van der Waals surface area contributed by atoms with Gasteiger partial charge in [0.25, 0.3) is 0 Å². The van der Waals surface area contributed by atoms with Crippen molar-refractivity contribution in [2.45, 2.75) is 51.2 Å². The van der Waals surface area contributed by atoms with Gasteiger partial charge in [-0.1, -0.05) is 72.8 Å². The molecule has 5 heteroatoms. The molecule has 4 rings (SSSR count). The van der Waals surface area contributed by atoms with Gasteiger partial charge in [0.1, 0.15) is 6.04 Å². The summed E-state index contributed by atoms with van der Waals surface area (Å²) >= 11 is 0. The molecule has 0 fully saturated rings. The van der Waals surface area contributed by atoms with Crippen molar-refractivity contribution in [2.24, 2.45) is 5.73 Å². The number of likely N-dealkylation sites (N-methyl/N-ethyl adjacent to an activating group) is 1. The summed E-state index contributed by atoms with van der Waals surface area (Å²) in [5.74, 6) is -0.207. The van der Waals surface area contributed by atoms with E-state index in [1.165, 1.54) is 11.1 Å². The van der Waals surface area contributed by atoms with E-state index in [1.807, 2.05) is 43.0 Å². The Morgan fingerprint density at radius 1 is 1.03 bits per heavy atom. The van der Waals surface area contributed by atoms with E-state index in [1.54, 1.807) is 24.1 Å². The van der Waals surface area contributed by atoms with Crippen LogP contribution >= 0.6 is 0 Å². The van der Waals surface area contributed by atoms with Crippen LogP contribution in [0.15, 0.2) is 78.9 Å². The number of amides is 2. The number of nitrogens with zero attached hydrogens (tertiary/aromatic N) is 2. The van der Waals surface area contributed by atoms with Crippen molar-refractivity contribution in [3.8, 4) is 0 Å². The van der Waals surface area contributed by atoms with Crippen molar-refractivity contribution in [3.05, 3.63) is 95.6 Å². The summed E-state index contributed by atoms with van der Waals surface area (Å²) in [4.78, 5) is 30.4. The van der Waals surface area contributed by atoms with Crippen molar-refractivity contribution in [1.29, 1.82) is 0 Å². The van der Waals surface area contributed by atoms with Crippen LogP contribution in [0.1, 0.15) is 37.0 Å². The summed E-state index contributed by atoms with van der Waals surface area (Å²) in [6, 6.07) is 22.1. The lowest BCUT2D eigenvalue weighted by Crippen LogP contribution is -2.51. The molecule has 0 saturated heterocycles. The number of benzene rings is 3. The van der Waals surface area contributed by atoms with Crippen LogP contribution in [-0.2, 0) is 29.0 Å². The first kappa shape index (κ1) is 24.7. The number of carbonyl (C=O) groups is 2. The predicted molar refractivity (Wildman–Crippen MR) is 142 cm³/mol. The highest BCUT2D eigenvalue weighted by atomic mass is 16.2. The molecule has 0 bridgehead atoms. The monoisotopic (exact) mass is 469 g/mol. The third-order valence-electron chi connectivity index (χ3n) is 6.69. The third kappa shape index (κ3) is 6.17. The Labute approximate surface area is 208 Å². The van der Waals surface area contributed by atoms with Crippen LogP contribution in [-0.4, -0.2) is 46.8 Å². The molecule has 0 radical (unpaired) electrons. The minimum absolute atomic E-state index is 0.0175. The molecule has 1 heterocycles. The molecule has 0 saturated carbocycles. The van der Waals surface area contributed by atoms with Gasteiger partial charge in [-0.25, -0.2) is 0 Å². The smallest absolute Gasteiger partial charge is 0.246 e. The maximum Gasteiger partial charge on any atom is 0.246 e. The lowest BCUT2D eigenvalue weighted by molar-refractivity contribution is -0.143. The van der Waals surface area contributed by atoms with Gasteiger partial charge in [-0.15, -0.1) is 0 Å². The van der Waals surface area contributed by atoms with Crippen LogP contribution in [0, 0.1) is 0 Å². The number of hydrogen-bond donors (Lipinski definition) is 1. The normalized spacial score (nSPS) is 14.7. The van der Waals surface area contributed by atoms with E-state index in [-0.39, 0.29) is 11.8 Å². The second-order valence-corrected chi connectivity index (χ2v) is 10.2. The van der Waals surface area contributed by atoms with Gasteiger partial charge in [-0.3, -0.25) is 9.59 Å². The van der Waals surface area contributed by atoms with E-state index in [9.17, 15) is 9.59 Å². The van der Waals surface area contributed by atoms with Crippen molar-refractivity contribution >= 4 is 22.6 Å². The molecule has 1 atom stereocenters. The predicted octanol–water partition coefficient (Wildman–Crippen LogP) is 4.48. The van der Waals surface area contributed by atoms with Gasteiger partial charge in [0.15, 0.2) is 0 Å². The van der Waals surface area contributed by atoms with Crippen molar-refractivity contribution < 1.29 is 9.59 Å². The summed E-state index contributed by atoms with van der Waals surface area (Å²) in [5.41, 5.74) is 9.16. The molecule has 0 aromatic heterocycles. The lowest BCUT2D eigenvalue weighted by atomic mass is 9.97. The Kier molecular flexibility index (Phi) is 7.37.